The highest BCUT2D eigenvalue weighted by Crippen LogP contribution is 2.22. The lowest BCUT2D eigenvalue weighted by atomic mass is 9.95. The second kappa shape index (κ2) is 5.48. The Bertz CT molecular complexity index is 554. The molecule has 0 aliphatic heterocycles. The Balaban J connectivity index is 1.96. The number of nitrogens with one attached hydrogen (secondary N) is 1. The molecule has 1 nitrogen and oxygen atoms in total. The van der Waals surface area contributed by atoms with E-state index in [1.54, 1.807) is 0 Å². The molecule has 0 saturated carbocycles. The normalized spacial score (nSPS) is 13.9. The summed E-state index contributed by atoms with van der Waals surface area (Å²) in [7, 11) is 0. The highest BCUT2D eigenvalue weighted by atomic mass is 14.9. The zero-order chi connectivity index (χ0) is 13.1. The second-order valence-corrected chi connectivity index (χ2v) is 5.34. The summed E-state index contributed by atoms with van der Waals surface area (Å²) in [4.78, 5) is 0. The maximum atomic E-state index is 3.51. The maximum absolute atomic E-state index is 3.51. The van der Waals surface area contributed by atoms with Gasteiger partial charge in [0.15, 0.2) is 0 Å². The Kier molecular flexibility index (Phi) is 3.54. The number of rotatable bonds is 2. The predicted octanol–water partition coefficient (Wildman–Crippen LogP) is 4.00. The maximum Gasteiger partial charge on any atom is 0.0375 e. The minimum Gasteiger partial charge on any atom is -0.385 e. The lowest BCUT2D eigenvalue weighted by molar-refractivity contribution is 0.920. The standard InChI is InChI=1S/C18H21N/c1-2-19-18-13-16-8-7-14-3-5-15(6-4-14)9-11-17(18)12-10-16/h3-6,10,12-13,19H,2,7-9,11H2,1H3. The summed E-state index contributed by atoms with van der Waals surface area (Å²) in [6.07, 6.45) is 4.49. The molecule has 2 aromatic carbocycles. The molecule has 98 valence electrons. The molecule has 2 aromatic rings. The molecule has 0 fully saturated rings. The molecule has 0 unspecified atom stereocenters. The second-order valence-electron chi connectivity index (χ2n) is 5.34. The lowest BCUT2D eigenvalue weighted by Crippen LogP contribution is -2.04. The average molecular weight is 251 g/mol. The molecule has 4 bridgehead atoms. The smallest absolute Gasteiger partial charge is 0.0375 e. The van der Waals surface area contributed by atoms with Crippen molar-refractivity contribution in [3.05, 3.63) is 64.7 Å². The Labute approximate surface area is 115 Å². The van der Waals surface area contributed by atoms with Crippen LogP contribution in [0, 0.1) is 0 Å². The molecule has 1 N–H and O–H groups in total. The van der Waals surface area contributed by atoms with Gasteiger partial charge in [-0.05, 0) is 60.9 Å². The number of aryl methyl sites for hydroxylation is 4. The van der Waals surface area contributed by atoms with Gasteiger partial charge in [0.05, 0.1) is 0 Å². The molecule has 0 heterocycles. The Hall–Kier alpha value is -1.76. The van der Waals surface area contributed by atoms with Gasteiger partial charge in [0.25, 0.3) is 0 Å². The summed E-state index contributed by atoms with van der Waals surface area (Å²) < 4.78 is 0. The van der Waals surface area contributed by atoms with Crippen molar-refractivity contribution in [2.45, 2.75) is 32.6 Å². The minimum atomic E-state index is 0.990. The summed E-state index contributed by atoms with van der Waals surface area (Å²) >= 11 is 0. The lowest BCUT2D eigenvalue weighted by Gasteiger charge is -2.15. The molecular formula is C18H21N. The van der Waals surface area contributed by atoms with Crippen molar-refractivity contribution < 1.29 is 0 Å². The first kappa shape index (κ1) is 12.3. The van der Waals surface area contributed by atoms with Crippen LogP contribution in [0.2, 0.25) is 0 Å². The van der Waals surface area contributed by atoms with Gasteiger partial charge in [-0.25, -0.2) is 0 Å². The molecule has 4 aliphatic carbocycles. The number of anilines is 1. The molecule has 0 amide bonds. The van der Waals surface area contributed by atoms with E-state index in [4.69, 9.17) is 0 Å². The van der Waals surface area contributed by atoms with E-state index in [9.17, 15) is 0 Å². The van der Waals surface area contributed by atoms with Gasteiger partial charge in [-0.1, -0.05) is 36.4 Å². The number of benzene rings is 2. The predicted molar refractivity (Wildman–Crippen MR) is 81.9 cm³/mol. The van der Waals surface area contributed by atoms with Crippen molar-refractivity contribution in [1.82, 2.24) is 0 Å². The van der Waals surface area contributed by atoms with Gasteiger partial charge >= 0.3 is 0 Å². The third kappa shape index (κ3) is 2.81. The number of hydrogen-bond acceptors (Lipinski definition) is 1. The molecule has 1 heteroatoms. The van der Waals surface area contributed by atoms with Gasteiger partial charge in [0, 0.05) is 12.2 Å². The SMILES string of the molecule is CCNc1cc2ccc1CCc1ccc(cc1)CC2. The molecule has 0 aromatic heterocycles. The van der Waals surface area contributed by atoms with Crippen LogP contribution in [-0.2, 0) is 25.7 Å². The third-order valence-corrected chi connectivity index (χ3v) is 3.95. The molecule has 19 heavy (non-hydrogen) atoms. The summed E-state index contributed by atoms with van der Waals surface area (Å²) in [5.74, 6) is 0. The van der Waals surface area contributed by atoms with E-state index in [1.807, 2.05) is 0 Å². The van der Waals surface area contributed by atoms with Gasteiger partial charge in [-0.2, -0.15) is 0 Å². The van der Waals surface area contributed by atoms with Crippen LogP contribution < -0.4 is 5.32 Å². The van der Waals surface area contributed by atoms with E-state index in [1.165, 1.54) is 27.9 Å². The van der Waals surface area contributed by atoms with E-state index in [2.05, 4.69) is 54.7 Å². The van der Waals surface area contributed by atoms with Crippen LogP contribution in [0.3, 0.4) is 0 Å². The third-order valence-electron chi connectivity index (χ3n) is 3.95. The first-order valence-corrected chi connectivity index (χ1v) is 7.28. The Morgan fingerprint density at radius 2 is 1.37 bits per heavy atom. The van der Waals surface area contributed by atoms with Crippen LogP contribution in [-0.4, -0.2) is 6.54 Å². The monoisotopic (exact) mass is 251 g/mol. The van der Waals surface area contributed by atoms with Crippen LogP contribution >= 0.6 is 0 Å². The van der Waals surface area contributed by atoms with Gasteiger partial charge in [0.1, 0.15) is 0 Å². The van der Waals surface area contributed by atoms with Gasteiger partial charge in [-0.15, -0.1) is 0 Å². The average Bonchev–Trinajstić information content (AvgIpc) is 2.43. The summed E-state index contributed by atoms with van der Waals surface area (Å²) in [6, 6.07) is 16.1. The van der Waals surface area contributed by atoms with Crippen LogP contribution in [0.15, 0.2) is 42.5 Å². The largest absolute Gasteiger partial charge is 0.385 e. The summed E-state index contributed by atoms with van der Waals surface area (Å²) in [5.41, 5.74) is 7.09. The first-order valence-electron chi connectivity index (χ1n) is 7.28. The van der Waals surface area contributed by atoms with Crippen LogP contribution in [0.5, 0.6) is 0 Å². The van der Waals surface area contributed by atoms with E-state index < -0.39 is 0 Å². The topological polar surface area (TPSA) is 12.0 Å². The van der Waals surface area contributed by atoms with E-state index in [-0.39, 0.29) is 0 Å². The fourth-order valence-electron chi connectivity index (χ4n) is 2.79. The van der Waals surface area contributed by atoms with E-state index in [0.717, 1.165) is 32.2 Å². The van der Waals surface area contributed by atoms with Crippen molar-refractivity contribution in [3.63, 3.8) is 0 Å². The Morgan fingerprint density at radius 3 is 2.05 bits per heavy atom. The van der Waals surface area contributed by atoms with Crippen LogP contribution in [0.4, 0.5) is 5.69 Å². The highest BCUT2D eigenvalue weighted by molar-refractivity contribution is 5.54. The van der Waals surface area contributed by atoms with Gasteiger partial charge in [-0.3, -0.25) is 0 Å². The van der Waals surface area contributed by atoms with Crippen molar-refractivity contribution >= 4 is 5.69 Å². The zero-order valence-electron chi connectivity index (χ0n) is 11.6. The summed E-state index contributed by atoms with van der Waals surface area (Å²) in [5, 5.41) is 3.51. The van der Waals surface area contributed by atoms with Gasteiger partial charge in [0.2, 0.25) is 0 Å². The van der Waals surface area contributed by atoms with Crippen LogP contribution in [0.1, 0.15) is 29.2 Å². The van der Waals surface area contributed by atoms with Crippen molar-refractivity contribution in [2.75, 3.05) is 11.9 Å². The van der Waals surface area contributed by atoms with Crippen molar-refractivity contribution in [2.24, 2.45) is 0 Å². The summed E-state index contributed by atoms with van der Waals surface area (Å²) in [6.45, 7) is 3.15. The molecule has 0 radical (unpaired) electrons. The molecular weight excluding hydrogens is 230 g/mol. The van der Waals surface area contributed by atoms with E-state index >= 15 is 0 Å². The van der Waals surface area contributed by atoms with Gasteiger partial charge < -0.3 is 5.32 Å². The molecule has 0 spiro atoms. The molecule has 6 rings (SSSR count). The molecule has 4 aliphatic rings. The quantitative estimate of drug-likeness (QED) is 0.850. The number of hydrogen-bond donors (Lipinski definition) is 1. The highest BCUT2D eigenvalue weighted by Gasteiger charge is 2.07. The van der Waals surface area contributed by atoms with E-state index in [0.29, 0.717) is 0 Å². The molecule has 0 atom stereocenters. The Morgan fingerprint density at radius 1 is 0.789 bits per heavy atom. The zero-order valence-corrected chi connectivity index (χ0v) is 11.6. The first-order chi connectivity index (χ1) is 9.35. The van der Waals surface area contributed by atoms with Crippen molar-refractivity contribution in [3.8, 4) is 0 Å². The van der Waals surface area contributed by atoms with Crippen LogP contribution in [0.25, 0.3) is 0 Å². The molecule has 0 saturated heterocycles. The fourth-order valence-corrected chi connectivity index (χ4v) is 2.79. The fraction of sp³-hybridized carbons (Fsp3) is 0.333. The van der Waals surface area contributed by atoms with Crippen molar-refractivity contribution in [1.29, 1.82) is 0 Å². The minimum absolute atomic E-state index is 0.990.